The van der Waals surface area contributed by atoms with E-state index in [9.17, 15) is 9.18 Å². The van der Waals surface area contributed by atoms with Crippen LogP contribution in [0.2, 0.25) is 0 Å². The molecule has 116 valence electrons. The largest absolute Gasteiger partial charge is 0.484 e. The third-order valence-electron chi connectivity index (χ3n) is 3.35. The molecule has 0 saturated heterocycles. The highest BCUT2D eigenvalue weighted by Gasteiger charge is 2.04. The van der Waals surface area contributed by atoms with Crippen molar-refractivity contribution in [2.24, 2.45) is 0 Å². The second-order valence-electron chi connectivity index (χ2n) is 4.98. The van der Waals surface area contributed by atoms with Crippen molar-refractivity contribution in [1.82, 2.24) is 5.32 Å². The minimum Gasteiger partial charge on any atom is -0.484 e. The number of halogens is 1. The zero-order chi connectivity index (χ0) is 15.8. The fraction of sp³-hybridized carbons (Fsp3) is 0.278. The Morgan fingerprint density at radius 3 is 2.77 bits per heavy atom. The lowest BCUT2D eigenvalue weighted by Gasteiger charge is -2.09. The fourth-order valence-electron chi connectivity index (χ4n) is 2.09. The molecule has 0 saturated carbocycles. The summed E-state index contributed by atoms with van der Waals surface area (Å²) in [6, 6.07) is 14.2. The van der Waals surface area contributed by atoms with Crippen LogP contribution in [0.4, 0.5) is 4.39 Å². The highest BCUT2D eigenvalue weighted by Crippen LogP contribution is 2.13. The SMILES string of the molecule is CCc1cccc(OCC(=O)NCCc2ccccc2F)c1. The third-order valence-corrected chi connectivity index (χ3v) is 3.35. The van der Waals surface area contributed by atoms with Gasteiger partial charge in [0.2, 0.25) is 0 Å². The number of benzene rings is 2. The number of hydrogen-bond donors (Lipinski definition) is 1. The predicted molar refractivity (Wildman–Crippen MR) is 84.4 cm³/mol. The van der Waals surface area contributed by atoms with Crippen LogP contribution >= 0.6 is 0 Å². The second kappa shape index (κ2) is 8.17. The number of carbonyl (C=O) groups excluding carboxylic acids is 1. The zero-order valence-electron chi connectivity index (χ0n) is 12.6. The number of hydrogen-bond acceptors (Lipinski definition) is 2. The smallest absolute Gasteiger partial charge is 0.257 e. The van der Waals surface area contributed by atoms with Gasteiger partial charge in [-0.25, -0.2) is 4.39 Å². The molecule has 1 amide bonds. The van der Waals surface area contributed by atoms with E-state index in [-0.39, 0.29) is 18.3 Å². The molecule has 0 aliphatic heterocycles. The number of nitrogens with one attached hydrogen (secondary N) is 1. The summed E-state index contributed by atoms with van der Waals surface area (Å²) < 4.78 is 18.9. The van der Waals surface area contributed by atoms with Gasteiger partial charge in [0.05, 0.1) is 0 Å². The van der Waals surface area contributed by atoms with Crippen LogP contribution < -0.4 is 10.1 Å². The van der Waals surface area contributed by atoms with Crippen LogP contribution in [0, 0.1) is 5.82 Å². The molecule has 0 bridgehead atoms. The van der Waals surface area contributed by atoms with Crippen LogP contribution in [0.3, 0.4) is 0 Å². The number of rotatable bonds is 7. The van der Waals surface area contributed by atoms with Gasteiger partial charge in [-0.1, -0.05) is 37.3 Å². The molecule has 0 atom stereocenters. The summed E-state index contributed by atoms with van der Waals surface area (Å²) in [5, 5.41) is 2.73. The van der Waals surface area contributed by atoms with E-state index in [1.54, 1.807) is 18.2 Å². The van der Waals surface area contributed by atoms with Crippen molar-refractivity contribution in [1.29, 1.82) is 0 Å². The highest BCUT2D eigenvalue weighted by atomic mass is 19.1. The zero-order valence-corrected chi connectivity index (χ0v) is 12.6. The molecule has 22 heavy (non-hydrogen) atoms. The van der Waals surface area contributed by atoms with Gasteiger partial charge in [-0.05, 0) is 42.2 Å². The number of amides is 1. The van der Waals surface area contributed by atoms with Crippen molar-refractivity contribution >= 4 is 5.91 Å². The molecule has 2 aromatic rings. The number of aryl methyl sites for hydroxylation is 1. The molecule has 0 heterocycles. The quantitative estimate of drug-likeness (QED) is 0.853. The molecule has 0 aliphatic rings. The van der Waals surface area contributed by atoms with Gasteiger partial charge in [-0.2, -0.15) is 0 Å². The molecule has 0 spiro atoms. The van der Waals surface area contributed by atoms with Crippen molar-refractivity contribution in [3.05, 3.63) is 65.5 Å². The van der Waals surface area contributed by atoms with Gasteiger partial charge in [0, 0.05) is 6.54 Å². The molecule has 0 aliphatic carbocycles. The lowest BCUT2D eigenvalue weighted by atomic mass is 10.1. The predicted octanol–water partition coefficient (Wildman–Crippen LogP) is 3.13. The van der Waals surface area contributed by atoms with E-state index >= 15 is 0 Å². The van der Waals surface area contributed by atoms with Crippen LogP contribution in [-0.4, -0.2) is 19.1 Å². The van der Waals surface area contributed by atoms with Gasteiger partial charge in [0.1, 0.15) is 11.6 Å². The Kier molecular flexibility index (Phi) is 5.95. The standard InChI is InChI=1S/C18H20FNO2/c1-2-14-6-5-8-16(12-14)22-13-18(21)20-11-10-15-7-3-4-9-17(15)19/h3-9,12H,2,10-11,13H2,1H3,(H,20,21). The normalized spacial score (nSPS) is 10.3. The molecule has 2 rings (SSSR count). The van der Waals surface area contributed by atoms with E-state index in [0.29, 0.717) is 24.3 Å². The monoisotopic (exact) mass is 301 g/mol. The van der Waals surface area contributed by atoms with Gasteiger partial charge in [0.15, 0.2) is 6.61 Å². The minimum atomic E-state index is -0.246. The Balaban J connectivity index is 1.73. The van der Waals surface area contributed by atoms with Crippen molar-refractivity contribution in [2.45, 2.75) is 19.8 Å². The molecule has 0 aromatic heterocycles. The van der Waals surface area contributed by atoms with E-state index < -0.39 is 0 Å². The van der Waals surface area contributed by atoms with Gasteiger partial charge in [-0.15, -0.1) is 0 Å². The van der Waals surface area contributed by atoms with Gasteiger partial charge < -0.3 is 10.1 Å². The number of ether oxygens (including phenoxy) is 1. The maximum atomic E-state index is 13.4. The van der Waals surface area contributed by atoms with Crippen molar-refractivity contribution in [3.8, 4) is 5.75 Å². The van der Waals surface area contributed by atoms with Crippen molar-refractivity contribution in [3.63, 3.8) is 0 Å². The summed E-state index contributed by atoms with van der Waals surface area (Å²) >= 11 is 0. The van der Waals surface area contributed by atoms with Crippen LogP contribution in [0.25, 0.3) is 0 Å². The first-order chi connectivity index (χ1) is 10.7. The third kappa shape index (κ3) is 4.88. The summed E-state index contributed by atoms with van der Waals surface area (Å²) in [5.74, 6) is 0.228. The summed E-state index contributed by atoms with van der Waals surface area (Å²) in [5.41, 5.74) is 1.76. The lowest BCUT2D eigenvalue weighted by molar-refractivity contribution is -0.123. The van der Waals surface area contributed by atoms with Crippen LogP contribution in [0.5, 0.6) is 5.75 Å². The Hall–Kier alpha value is -2.36. The topological polar surface area (TPSA) is 38.3 Å². The molecule has 0 radical (unpaired) electrons. The summed E-state index contributed by atoms with van der Waals surface area (Å²) in [6.45, 7) is 2.41. The van der Waals surface area contributed by atoms with Crippen LogP contribution in [-0.2, 0) is 17.6 Å². The van der Waals surface area contributed by atoms with Crippen molar-refractivity contribution < 1.29 is 13.9 Å². The molecule has 1 N–H and O–H groups in total. The molecule has 2 aromatic carbocycles. The second-order valence-corrected chi connectivity index (χ2v) is 4.98. The van der Waals surface area contributed by atoms with Crippen LogP contribution in [0.15, 0.2) is 48.5 Å². The van der Waals surface area contributed by atoms with Gasteiger partial charge in [0.25, 0.3) is 5.91 Å². The average molecular weight is 301 g/mol. The molecular weight excluding hydrogens is 281 g/mol. The summed E-state index contributed by atoms with van der Waals surface area (Å²) in [4.78, 5) is 11.7. The van der Waals surface area contributed by atoms with E-state index in [2.05, 4.69) is 12.2 Å². The molecule has 4 heteroatoms. The Labute approximate surface area is 130 Å². The van der Waals surface area contributed by atoms with Crippen LogP contribution in [0.1, 0.15) is 18.1 Å². The first kappa shape index (κ1) is 16.0. The van der Waals surface area contributed by atoms with Gasteiger partial charge in [-0.3, -0.25) is 4.79 Å². The molecule has 0 fully saturated rings. The molecule has 0 unspecified atom stereocenters. The van der Waals surface area contributed by atoms with E-state index in [4.69, 9.17) is 4.74 Å². The maximum Gasteiger partial charge on any atom is 0.257 e. The Morgan fingerprint density at radius 1 is 1.18 bits per heavy atom. The van der Waals surface area contributed by atoms with E-state index in [1.165, 1.54) is 6.07 Å². The fourth-order valence-corrected chi connectivity index (χ4v) is 2.09. The van der Waals surface area contributed by atoms with Gasteiger partial charge >= 0.3 is 0 Å². The average Bonchev–Trinajstić information content (AvgIpc) is 2.55. The summed E-state index contributed by atoms with van der Waals surface area (Å²) in [6.07, 6.45) is 1.38. The first-order valence-electron chi connectivity index (χ1n) is 7.41. The minimum absolute atomic E-state index is 0.0373. The first-order valence-corrected chi connectivity index (χ1v) is 7.41. The maximum absolute atomic E-state index is 13.4. The number of carbonyl (C=O) groups is 1. The molecule has 3 nitrogen and oxygen atoms in total. The lowest BCUT2D eigenvalue weighted by Crippen LogP contribution is -2.30. The highest BCUT2D eigenvalue weighted by molar-refractivity contribution is 5.77. The van der Waals surface area contributed by atoms with E-state index in [0.717, 1.165) is 12.0 Å². The summed E-state index contributed by atoms with van der Waals surface area (Å²) in [7, 11) is 0. The Morgan fingerprint density at radius 2 is 2.00 bits per heavy atom. The van der Waals surface area contributed by atoms with Crippen molar-refractivity contribution in [2.75, 3.05) is 13.2 Å². The van der Waals surface area contributed by atoms with E-state index in [1.807, 2.05) is 24.3 Å². The Bertz CT molecular complexity index is 628. The molecular formula is C18H20FNO2.